The topological polar surface area (TPSA) is 123 Å². The van der Waals surface area contributed by atoms with E-state index in [9.17, 15) is 22.8 Å². The van der Waals surface area contributed by atoms with Gasteiger partial charge in [-0.05, 0) is 32.8 Å². The van der Waals surface area contributed by atoms with Crippen molar-refractivity contribution >= 4 is 27.7 Å². The molecule has 2 heterocycles. The molecule has 1 aromatic rings. The van der Waals surface area contributed by atoms with Crippen molar-refractivity contribution in [1.82, 2.24) is 9.88 Å². The lowest BCUT2D eigenvalue weighted by atomic mass is 10.1. The van der Waals surface area contributed by atoms with Crippen molar-refractivity contribution < 1.29 is 32.3 Å². The molecule has 27 heavy (non-hydrogen) atoms. The normalized spacial score (nSPS) is 18.1. The Morgan fingerprint density at radius 1 is 1.19 bits per heavy atom. The van der Waals surface area contributed by atoms with Gasteiger partial charge in [0.1, 0.15) is 5.69 Å². The van der Waals surface area contributed by atoms with Gasteiger partial charge in [-0.1, -0.05) is 0 Å². The van der Waals surface area contributed by atoms with Crippen LogP contribution in [0.3, 0.4) is 0 Å². The van der Waals surface area contributed by atoms with Gasteiger partial charge in [0.2, 0.25) is 0 Å². The Labute approximate surface area is 157 Å². The first-order chi connectivity index (χ1) is 12.6. The van der Waals surface area contributed by atoms with Gasteiger partial charge >= 0.3 is 11.9 Å². The van der Waals surface area contributed by atoms with Crippen molar-refractivity contribution in [2.24, 2.45) is 0 Å². The number of esters is 2. The minimum Gasteiger partial charge on any atom is -0.461 e. The number of hydrogen-bond donors (Lipinski definition) is 1. The van der Waals surface area contributed by atoms with E-state index in [4.69, 9.17) is 9.47 Å². The second-order valence-electron chi connectivity index (χ2n) is 6.48. The molecule has 1 saturated heterocycles. The summed E-state index contributed by atoms with van der Waals surface area (Å²) < 4.78 is 33.1. The predicted octanol–water partition coefficient (Wildman–Crippen LogP) is 0.611. The fourth-order valence-electron chi connectivity index (χ4n) is 3.05. The van der Waals surface area contributed by atoms with E-state index in [1.54, 1.807) is 20.8 Å². The van der Waals surface area contributed by atoms with E-state index in [0.29, 0.717) is 17.7 Å². The van der Waals surface area contributed by atoms with Crippen molar-refractivity contribution in [1.29, 1.82) is 0 Å². The van der Waals surface area contributed by atoms with E-state index in [1.807, 2.05) is 0 Å². The van der Waals surface area contributed by atoms with Gasteiger partial charge < -0.3 is 19.4 Å². The van der Waals surface area contributed by atoms with Crippen LogP contribution in [0.15, 0.2) is 0 Å². The molecule has 0 bridgehead atoms. The Morgan fingerprint density at radius 2 is 1.85 bits per heavy atom. The van der Waals surface area contributed by atoms with Crippen LogP contribution >= 0.6 is 0 Å². The second-order valence-corrected chi connectivity index (χ2v) is 8.71. The second kappa shape index (κ2) is 8.12. The SMILES string of the molecule is CCOC(=O)c1[nH]c(C)c(C(=O)OCC(=O)N(C)[C@@H]2CCS(=O)(=O)C2)c1C. The molecule has 0 aliphatic carbocycles. The van der Waals surface area contributed by atoms with E-state index in [0.717, 1.165) is 0 Å². The average molecular weight is 400 g/mol. The molecule has 2 rings (SSSR count). The summed E-state index contributed by atoms with van der Waals surface area (Å²) in [6.45, 7) is 4.57. The Bertz CT molecular complexity index is 857. The number of nitrogens with zero attached hydrogens (tertiary/aromatic N) is 1. The summed E-state index contributed by atoms with van der Waals surface area (Å²) in [7, 11) is -1.63. The maximum Gasteiger partial charge on any atom is 0.355 e. The molecule has 150 valence electrons. The summed E-state index contributed by atoms with van der Waals surface area (Å²) in [5.74, 6) is -1.83. The quantitative estimate of drug-likeness (QED) is 0.694. The average Bonchev–Trinajstić information content (AvgIpc) is 3.10. The van der Waals surface area contributed by atoms with Crippen LogP contribution in [0.1, 0.15) is 45.4 Å². The van der Waals surface area contributed by atoms with Gasteiger partial charge in [-0.25, -0.2) is 18.0 Å². The Kier molecular flexibility index (Phi) is 6.30. The van der Waals surface area contributed by atoms with E-state index >= 15 is 0 Å². The van der Waals surface area contributed by atoms with Crippen LogP contribution in [0.25, 0.3) is 0 Å². The summed E-state index contributed by atoms with van der Waals surface area (Å²) in [5.41, 5.74) is 1.17. The number of ether oxygens (including phenoxy) is 2. The van der Waals surface area contributed by atoms with Crippen LogP contribution in [0.5, 0.6) is 0 Å². The van der Waals surface area contributed by atoms with Gasteiger partial charge in [-0.15, -0.1) is 0 Å². The van der Waals surface area contributed by atoms with Gasteiger partial charge in [-0.3, -0.25) is 4.79 Å². The van der Waals surface area contributed by atoms with Crippen LogP contribution in [0.4, 0.5) is 0 Å². The first-order valence-corrected chi connectivity index (χ1v) is 10.4. The zero-order valence-electron chi connectivity index (χ0n) is 15.8. The third kappa shape index (κ3) is 4.68. The number of sulfone groups is 1. The molecule has 10 heteroatoms. The molecule has 0 unspecified atom stereocenters. The number of aromatic amines is 1. The van der Waals surface area contributed by atoms with Gasteiger partial charge in [0.05, 0.1) is 23.7 Å². The Hall–Kier alpha value is -2.36. The van der Waals surface area contributed by atoms with Gasteiger partial charge in [0.15, 0.2) is 16.4 Å². The first kappa shape index (κ1) is 20.9. The number of aromatic nitrogens is 1. The van der Waals surface area contributed by atoms with E-state index in [-0.39, 0.29) is 29.4 Å². The molecule has 0 spiro atoms. The summed E-state index contributed by atoms with van der Waals surface area (Å²) in [6.07, 6.45) is 0.372. The molecule has 0 radical (unpaired) electrons. The fourth-order valence-corrected chi connectivity index (χ4v) is 4.82. The van der Waals surface area contributed by atoms with Crippen molar-refractivity contribution in [2.45, 2.75) is 33.2 Å². The van der Waals surface area contributed by atoms with Crippen molar-refractivity contribution in [3.05, 3.63) is 22.5 Å². The highest BCUT2D eigenvalue weighted by Gasteiger charge is 2.33. The maximum absolute atomic E-state index is 12.4. The van der Waals surface area contributed by atoms with Gasteiger partial charge in [-0.2, -0.15) is 0 Å². The highest BCUT2D eigenvalue weighted by Crippen LogP contribution is 2.20. The van der Waals surface area contributed by atoms with Crippen molar-refractivity contribution in [3.8, 4) is 0 Å². The van der Waals surface area contributed by atoms with Gasteiger partial charge in [0.25, 0.3) is 5.91 Å². The van der Waals surface area contributed by atoms with Crippen LogP contribution in [0, 0.1) is 13.8 Å². The summed E-state index contributed by atoms with van der Waals surface area (Å²) in [6, 6.07) is -0.410. The third-order valence-corrected chi connectivity index (χ3v) is 6.35. The first-order valence-electron chi connectivity index (χ1n) is 8.56. The molecule has 1 fully saturated rings. The smallest absolute Gasteiger partial charge is 0.355 e. The lowest BCUT2D eigenvalue weighted by Gasteiger charge is -2.23. The Balaban J connectivity index is 2.01. The number of H-pyrrole nitrogens is 1. The fraction of sp³-hybridized carbons (Fsp3) is 0.588. The number of amides is 1. The van der Waals surface area contributed by atoms with Crippen LogP contribution in [-0.4, -0.2) is 74.0 Å². The monoisotopic (exact) mass is 400 g/mol. The van der Waals surface area contributed by atoms with E-state index < -0.39 is 40.3 Å². The molecule has 9 nitrogen and oxygen atoms in total. The van der Waals surface area contributed by atoms with Crippen LogP contribution in [-0.2, 0) is 24.1 Å². The van der Waals surface area contributed by atoms with E-state index in [1.165, 1.54) is 11.9 Å². The maximum atomic E-state index is 12.4. The molecule has 0 saturated carbocycles. The molecule has 1 aliphatic rings. The zero-order valence-corrected chi connectivity index (χ0v) is 16.6. The third-order valence-electron chi connectivity index (χ3n) is 4.60. The number of carbonyl (C=O) groups is 3. The number of carbonyl (C=O) groups excluding carboxylic acids is 3. The molecule has 1 N–H and O–H groups in total. The summed E-state index contributed by atoms with van der Waals surface area (Å²) in [4.78, 5) is 40.6. The minimum atomic E-state index is -3.12. The minimum absolute atomic E-state index is 0.0491. The summed E-state index contributed by atoms with van der Waals surface area (Å²) >= 11 is 0. The Morgan fingerprint density at radius 3 is 2.41 bits per heavy atom. The molecule has 0 aromatic carbocycles. The van der Waals surface area contributed by atoms with E-state index in [2.05, 4.69) is 4.98 Å². The lowest BCUT2D eigenvalue weighted by molar-refractivity contribution is -0.134. The molecule has 1 aromatic heterocycles. The zero-order chi connectivity index (χ0) is 20.4. The molecule has 1 atom stereocenters. The van der Waals surface area contributed by atoms with Gasteiger partial charge in [0, 0.05) is 18.8 Å². The molecular formula is C17H24N2O7S. The molecule has 1 amide bonds. The number of rotatable bonds is 6. The molecule has 1 aliphatic heterocycles. The largest absolute Gasteiger partial charge is 0.461 e. The molecular weight excluding hydrogens is 376 g/mol. The van der Waals surface area contributed by atoms with Crippen molar-refractivity contribution in [3.63, 3.8) is 0 Å². The standard InChI is InChI=1S/C17H24N2O7S/c1-5-25-17(22)15-10(2)14(11(3)18-15)16(21)26-8-13(20)19(4)12-6-7-27(23,24)9-12/h12,18H,5-9H2,1-4H3/t12-/m1/s1. The van der Waals surface area contributed by atoms with Crippen LogP contribution < -0.4 is 0 Å². The van der Waals surface area contributed by atoms with Crippen LogP contribution in [0.2, 0.25) is 0 Å². The predicted molar refractivity (Wildman–Crippen MR) is 96.3 cm³/mol. The van der Waals surface area contributed by atoms with Crippen molar-refractivity contribution in [2.75, 3.05) is 31.8 Å². The highest BCUT2D eigenvalue weighted by atomic mass is 32.2. The number of hydrogen-bond acceptors (Lipinski definition) is 7. The summed E-state index contributed by atoms with van der Waals surface area (Å²) in [5, 5.41) is 0. The highest BCUT2D eigenvalue weighted by molar-refractivity contribution is 7.91. The number of nitrogens with one attached hydrogen (secondary N) is 1. The number of likely N-dealkylation sites (N-methyl/N-ethyl adjacent to an activating group) is 1. The number of aryl methyl sites for hydroxylation is 1. The lowest BCUT2D eigenvalue weighted by Crippen LogP contribution is -2.40.